The normalized spacial score (nSPS) is 11.8. The zero-order valence-corrected chi connectivity index (χ0v) is 12.7. The Morgan fingerprint density at radius 3 is 1.10 bits per heavy atom. The van der Waals surface area contributed by atoms with Gasteiger partial charge in [0.05, 0.1) is 11.4 Å². The molecule has 20 heavy (non-hydrogen) atoms. The van der Waals surface area contributed by atoms with Crippen LogP contribution in [0.3, 0.4) is 0 Å². The van der Waals surface area contributed by atoms with Gasteiger partial charge < -0.3 is 9.80 Å². The molecule has 0 radical (unpaired) electrons. The van der Waals surface area contributed by atoms with Gasteiger partial charge >= 0.3 is 0 Å². The van der Waals surface area contributed by atoms with Gasteiger partial charge in [-0.05, 0) is 11.1 Å². The zero-order chi connectivity index (χ0) is 14.5. The van der Waals surface area contributed by atoms with E-state index >= 15 is 0 Å². The van der Waals surface area contributed by atoms with Crippen LogP contribution in [0.25, 0.3) is 11.4 Å². The number of benzene rings is 2. The summed E-state index contributed by atoms with van der Waals surface area (Å²) < 4.78 is 0. The number of nitrogens with zero attached hydrogens (tertiary/aromatic N) is 2. The Morgan fingerprint density at radius 2 is 0.850 bits per heavy atom. The fourth-order valence-electron chi connectivity index (χ4n) is 2.41. The van der Waals surface area contributed by atoms with Crippen LogP contribution in [0, 0.1) is 0 Å². The summed E-state index contributed by atoms with van der Waals surface area (Å²) in [7, 11) is 8.37. The summed E-state index contributed by atoms with van der Waals surface area (Å²) in [5, 5.41) is 0. The summed E-state index contributed by atoms with van der Waals surface area (Å²) in [5.74, 6) is 0. The smallest absolute Gasteiger partial charge is 0.0678 e. The molecule has 2 heteroatoms. The fourth-order valence-corrected chi connectivity index (χ4v) is 2.41. The molecule has 2 aromatic carbocycles. The van der Waals surface area contributed by atoms with Crippen LogP contribution in [-0.2, 0) is 0 Å². The molecule has 104 valence electrons. The van der Waals surface area contributed by atoms with E-state index in [1.165, 1.54) is 22.5 Å². The molecule has 0 fully saturated rings. The third-order valence-corrected chi connectivity index (χ3v) is 3.21. The average molecular weight is 266 g/mol. The minimum absolute atomic E-state index is 1.22. The maximum absolute atomic E-state index is 2.18. The van der Waals surface area contributed by atoms with Gasteiger partial charge in [0.25, 0.3) is 0 Å². The molecule has 0 aromatic heterocycles. The number of hydrogen-bond acceptors (Lipinski definition) is 2. The summed E-state index contributed by atoms with van der Waals surface area (Å²) in [5.41, 5.74) is 4.90. The first kappa shape index (κ1) is 14.2. The third-order valence-electron chi connectivity index (χ3n) is 3.21. The lowest BCUT2D eigenvalue weighted by Gasteiger charge is -2.27. The standard InChI is InChI=1S/C18H22N2/c1-19(2)17(15-11-7-5-8-12-15)18(20(3)4)16-13-9-6-10-14-16/h5-14H,1-4H3/b18-17-. The Kier molecular flexibility index (Phi) is 4.46. The van der Waals surface area contributed by atoms with E-state index in [2.05, 4.69) is 98.7 Å². The Morgan fingerprint density at radius 1 is 0.550 bits per heavy atom. The van der Waals surface area contributed by atoms with Crippen molar-refractivity contribution in [1.82, 2.24) is 9.80 Å². The van der Waals surface area contributed by atoms with E-state index in [1.54, 1.807) is 0 Å². The second-order valence-electron chi connectivity index (χ2n) is 5.22. The molecular formula is C18H22N2. The second-order valence-corrected chi connectivity index (χ2v) is 5.22. The van der Waals surface area contributed by atoms with Crippen molar-refractivity contribution in [2.45, 2.75) is 0 Å². The van der Waals surface area contributed by atoms with Crippen molar-refractivity contribution in [1.29, 1.82) is 0 Å². The predicted molar refractivity (Wildman–Crippen MR) is 87.1 cm³/mol. The van der Waals surface area contributed by atoms with Crippen LogP contribution in [0.4, 0.5) is 0 Å². The molecule has 0 aliphatic heterocycles. The van der Waals surface area contributed by atoms with Gasteiger partial charge in [-0.15, -0.1) is 0 Å². The Hall–Kier alpha value is -2.22. The van der Waals surface area contributed by atoms with Crippen LogP contribution in [0.1, 0.15) is 11.1 Å². The van der Waals surface area contributed by atoms with E-state index < -0.39 is 0 Å². The molecule has 0 saturated heterocycles. The van der Waals surface area contributed by atoms with Crippen molar-refractivity contribution in [3.05, 3.63) is 71.8 Å². The maximum atomic E-state index is 2.18. The van der Waals surface area contributed by atoms with E-state index in [-0.39, 0.29) is 0 Å². The first-order valence-corrected chi connectivity index (χ1v) is 6.81. The summed E-state index contributed by atoms with van der Waals surface area (Å²) in [6.07, 6.45) is 0. The summed E-state index contributed by atoms with van der Waals surface area (Å²) >= 11 is 0. The maximum Gasteiger partial charge on any atom is 0.0678 e. The number of hydrogen-bond donors (Lipinski definition) is 0. The van der Waals surface area contributed by atoms with Crippen LogP contribution in [0.5, 0.6) is 0 Å². The molecule has 0 amide bonds. The van der Waals surface area contributed by atoms with Crippen LogP contribution >= 0.6 is 0 Å². The predicted octanol–water partition coefficient (Wildman–Crippen LogP) is 3.64. The van der Waals surface area contributed by atoms with Gasteiger partial charge in [0, 0.05) is 28.2 Å². The summed E-state index contributed by atoms with van der Waals surface area (Å²) in [6, 6.07) is 21.0. The van der Waals surface area contributed by atoms with Crippen molar-refractivity contribution in [3.63, 3.8) is 0 Å². The van der Waals surface area contributed by atoms with Crippen molar-refractivity contribution in [3.8, 4) is 0 Å². The lowest BCUT2D eigenvalue weighted by atomic mass is 10.0. The van der Waals surface area contributed by atoms with Crippen LogP contribution < -0.4 is 0 Å². The number of rotatable bonds is 4. The van der Waals surface area contributed by atoms with Crippen LogP contribution in [0.15, 0.2) is 60.7 Å². The largest absolute Gasteiger partial charge is 0.375 e. The first-order valence-electron chi connectivity index (χ1n) is 6.81. The highest BCUT2D eigenvalue weighted by Crippen LogP contribution is 2.29. The van der Waals surface area contributed by atoms with Gasteiger partial charge in [-0.25, -0.2) is 0 Å². The van der Waals surface area contributed by atoms with E-state index in [0.29, 0.717) is 0 Å². The molecule has 0 aliphatic rings. The van der Waals surface area contributed by atoms with Crippen molar-refractivity contribution in [2.75, 3.05) is 28.2 Å². The first-order chi connectivity index (χ1) is 9.61. The lowest BCUT2D eigenvalue weighted by molar-refractivity contribution is 0.552. The lowest BCUT2D eigenvalue weighted by Crippen LogP contribution is -2.19. The van der Waals surface area contributed by atoms with E-state index in [4.69, 9.17) is 0 Å². The molecular weight excluding hydrogens is 244 g/mol. The van der Waals surface area contributed by atoms with Gasteiger partial charge in [0.15, 0.2) is 0 Å². The molecule has 0 bridgehead atoms. The molecule has 2 nitrogen and oxygen atoms in total. The highest BCUT2D eigenvalue weighted by molar-refractivity contribution is 5.88. The van der Waals surface area contributed by atoms with Crippen LogP contribution in [0.2, 0.25) is 0 Å². The third kappa shape index (κ3) is 3.02. The van der Waals surface area contributed by atoms with Crippen molar-refractivity contribution in [2.24, 2.45) is 0 Å². The van der Waals surface area contributed by atoms with E-state index in [9.17, 15) is 0 Å². The molecule has 0 aliphatic carbocycles. The van der Waals surface area contributed by atoms with Crippen molar-refractivity contribution >= 4 is 11.4 Å². The Balaban J connectivity index is 2.67. The summed E-state index contributed by atoms with van der Waals surface area (Å²) in [4.78, 5) is 4.36. The molecule has 0 spiro atoms. The van der Waals surface area contributed by atoms with Gasteiger partial charge in [-0.1, -0.05) is 60.7 Å². The highest BCUT2D eigenvalue weighted by atomic mass is 15.1. The van der Waals surface area contributed by atoms with Crippen molar-refractivity contribution < 1.29 is 0 Å². The van der Waals surface area contributed by atoms with Gasteiger partial charge in [0.1, 0.15) is 0 Å². The molecule has 2 aromatic rings. The van der Waals surface area contributed by atoms with Gasteiger partial charge in [0.2, 0.25) is 0 Å². The summed E-state index contributed by atoms with van der Waals surface area (Å²) in [6.45, 7) is 0. The second kappa shape index (κ2) is 6.29. The van der Waals surface area contributed by atoms with E-state index in [0.717, 1.165) is 0 Å². The van der Waals surface area contributed by atoms with Crippen LogP contribution in [-0.4, -0.2) is 38.0 Å². The Labute approximate surface area is 122 Å². The SMILES string of the molecule is CN(C)/C(=C(/c1ccccc1)N(C)C)c1ccccc1. The molecule has 0 heterocycles. The molecule has 0 saturated carbocycles. The minimum atomic E-state index is 1.22. The Bertz CT molecular complexity index is 515. The minimum Gasteiger partial charge on any atom is -0.375 e. The molecule has 0 atom stereocenters. The molecule has 2 rings (SSSR count). The zero-order valence-electron chi connectivity index (χ0n) is 12.7. The molecule has 0 unspecified atom stereocenters. The van der Waals surface area contributed by atoms with Gasteiger partial charge in [-0.3, -0.25) is 0 Å². The molecule has 0 N–H and O–H groups in total. The monoisotopic (exact) mass is 266 g/mol. The average Bonchev–Trinajstić information content (AvgIpc) is 2.45. The fraction of sp³-hybridized carbons (Fsp3) is 0.222. The quantitative estimate of drug-likeness (QED) is 0.780. The highest BCUT2D eigenvalue weighted by Gasteiger charge is 2.15. The van der Waals surface area contributed by atoms with E-state index in [1.807, 2.05) is 0 Å². The van der Waals surface area contributed by atoms with Gasteiger partial charge in [-0.2, -0.15) is 0 Å². The topological polar surface area (TPSA) is 6.48 Å².